The number of para-hydroxylation sites is 1. The molecule has 0 spiro atoms. The summed E-state index contributed by atoms with van der Waals surface area (Å²) in [4.78, 5) is 54.4. The van der Waals surface area contributed by atoms with Crippen LogP contribution in [0.5, 0.6) is 17.2 Å². The first-order chi connectivity index (χ1) is 25.6. The molecular formula is C43H29N2O7P. The van der Waals surface area contributed by atoms with E-state index >= 15 is 4.57 Å². The van der Waals surface area contributed by atoms with E-state index in [4.69, 9.17) is 9.26 Å². The van der Waals surface area contributed by atoms with Gasteiger partial charge >= 0.3 is 0 Å². The molecule has 6 aromatic carbocycles. The van der Waals surface area contributed by atoms with E-state index in [1.165, 1.54) is 31.3 Å². The van der Waals surface area contributed by atoms with Crippen molar-refractivity contribution in [2.24, 2.45) is 0 Å². The Kier molecular flexibility index (Phi) is 7.33. The summed E-state index contributed by atoms with van der Waals surface area (Å²) in [6.07, 6.45) is 0. The van der Waals surface area contributed by atoms with E-state index in [-0.39, 0.29) is 28.3 Å². The van der Waals surface area contributed by atoms with Gasteiger partial charge in [-0.3, -0.25) is 28.6 Å². The molecule has 3 heterocycles. The monoisotopic (exact) mass is 716 g/mol. The van der Waals surface area contributed by atoms with Crippen LogP contribution >= 0.6 is 7.37 Å². The summed E-state index contributed by atoms with van der Waals surface area (Å²) >= 11 is 0. The summed E-state index contributed by atoms with van der Waals surface area (Å²) in [5, 5.41) is 0.624. The fourth-order valence-corrected chi connectivity index (χ4v) is 10.2. The Hall–Kier alpha value is -6.57. The van der Waals surface area contributed by atoms with Crippen molar-refractivity contribution in [1.29, 1.82) is 0 Å². The number of benzene rings is 6. The number of hydrogen-bond acceptors (Lipinski definition) is 7. The minimum absolute atomic E-state index is 0.163. The van der Waals surface area contributed by atoms with Gasteiger partial charge in [0.2, 0.25) is 0 Å². The van der Waals surface area contributed by atoms with Gasteiger partial charge in [0.15, 0.2) is 0 Å². The zero-order valence-electron chi connectivity index (χ0n) is 28.5. The van der Waals surface area contributed by atoms with Crippen LogP contribution in [0.3, 0.4) is 0 Å². The van der Waals surface area contributed by atoms with Gasteiger partial charge in [-0.25, -0.2) is 4.90 Å². The van der Waals surface area contributed by atoms with Crippen LogP contribution in [0.15, 0.2) is 133 Å². The lowest BCUT2D eigenvalue weighted by Crippen LogP contribution is -2.29. The smallest absolute Gasteiger partial charge is 0.289 e. The lowest BCUT2D eigenvalue weighted by atomic mass is 10.0. The molecule has 10 heteroatoms. The molecule has 9 nitrogen and oxygen atoms in total. The fraction of sp³-hybridized carbons (Fsp3) is 0.0698. The molecule has 0 aromatic heterocycles. The Bertz CT molecular complexity index is 2620. The molecule has 2 unspecified atom stereocenters. The number of carbonyl (C=O) groups is 4. The molecule has 0 saturated heterocycles. The summed E-state index contributed by atoms with van der Waals surface area (Å²) in [7, 11) is -2.25. The minimum Gasteiger partial charge on any atom is -0.457 e. The van der Waals surface area contributed by atoms with E-state index in [9.17, 15) is 19.2 Å². The van der Waals surface area contributed by atoms with Crippen molar-refractivity contribution in [3.63, 3.8) is 0 Å². The van der Waals surface area contributed by atoms with Gasteiger partial charge in [-0.2, -0.15) is 0 Å². The molecule has 9 rings (SSSR count). The molecule has 4 amide bonds. The number of aryl methyl sites for hydroxylation is 1. The lowest BCUT2D eigenvalue weighted by molar-refractivity contribution is 0.0692. The largest absolute Gasteiger partial charge is 0.457 e. The highest BCUT2D eigenvalue weighted by Crippen LogP contribution is 2.65. The Morgan fingerprint density at radius 2 is 1.09 bits per heavy atom. The Labute approximate surface area is 304 Å². The first kappa shape index (κ1) is 32.3. The van der Waals surface area contributed by atoms with E-state index in [1.807, 2.05) is 79.7 Å². The molecule has 3 aliphatic heterocycles. The third kappa shape index (κ3) is 5.04. The SMILES string of the molecule is Cc1ccc(C(c2ccc(N3C(=O)c4ccc(Oc5ccc6c(c5)C(=O)N(C)C6=O)cc4C3=O)cc2)P2(=O)Oc3ccccc3-c3ccccc32)cc1. The van der Waals surface area contributed by atoms with E-state index in [0.29, 0.717) is 33.6 Å². The maximum absolute atomic E-state index is 15.5. The molecule has 0 saturated carbocycles. The summed E-state index contributed by atoms with van der Waals surface area (Å²) in [6, 6.07) is 39.2. The molecule has 0 radical (unpaired) electrons. The maximum Gasteiger partial charge on any atom is 0.289 e. The first-order valence-electron chi connectivity index (χ1n) is 16.9. The van der Waals surface area contributed by atoms with Gasteiger partial charge in [0.05, 0.1) is 33.2 Å². The van der Waals surface area contributed by atoms with Gasteiger partial charge in [-0.15, -0.1) is 0 Å². The molecular weight excluding hydrogens is 687 g/mol. The van der Waals surface area contributed by atoms with Crippen molar-refractivity contribution in [2.45, 2.75) is 12.6 Å². The van der Waals surface area contributed by atoms with Crippen molar-refractivity contribution in [2.75, 3.05) is 11.9 Å². The molecule has 2 atom stereocenters. The Balaban J connectivity index is 1.04. The topological polar surface area (TPSA) is 110 Å². The van der Waals surface area contributed by atoms with Crippen LogP contribution in [-0.2, 0) is 4.57 Å². The zero-order valence-corrected chi connectivity index (χ0v) is 29.4. The number of fused-ring (bicyclic) bond motifs is 5. The van der Waals surface area contributed by atoms with Gasteiger partial charge in [-0.05, 0) is 84.3 Å². The van der Waals surface area contributed by atoms with Crippen LogP contribution in [0.2, 0.25) is 0 Å². The normalized spacial score (nSPS) is 17.5. The van der Waals surface area contributed by atoms with Crippen molar-refractivity contribution in [3.8, 4) is 28.4 Å². The number of anilines is 1. The molecule has 53 heavy (non-hydrogen) atoms. The third-order valence-electron chi connectivity index (χ3n) is 10.0. The van der Waals surface area contributed by atoms with Gasteiger partial charge < -0.3 is 9.26 Å². The second-order valence-corrected chi connectivity index (χ2v) is 15.6. The van der Waals surface area contributed by atoms with E-state index in [1.54, 1.807) is 36.4 Å². The molecule has 0 fully saturated rings. The predicted molar refractivity (Wildman–Crippen MR) is 200 cm³/mol. The van der Waals surface area contributed by atoms with Crippen molar-refractivity contribution in [3.05, 3.63) is 172 Å². The number of amides is 4. The standard InChI is InChI=1S/C43H29N2O7P/c1-25-11-13-26(14-12-25)39(53(50)38-10-6-4-8-32(38)31-7-3-5-9-37(31)52-53)27-15-17-28(18-16-27)45-42(48)34-22-20-30(24-36(34)43(45)49)51-29-19-21-33-35(23-29)41(47)44(2)40(33)46/h3-24,39H,1-2H3. The van der Waals surface area contributed by atoms with E-state index < -0.39 is 30.7 Å². The average molecular weight is 717 g/mol. The van der Waals surface area contributed by atoms with E-state index in [0.717, 1.165) is 32.1 Å². The Morgan fingerprint density at radius 3 is 1.77 bits per heavy atom. The number of rotatable bonds is 6. The number of ether oxygens (including phenoxy) is 1. The van der Waals surface area contributed by atoms with Crippen LogP contribution in [0.1, 0.15) is 63.8 Å². The average Bonchev–Trinajstić information content (AvgIpc) is 3.55. The summed E-state index contributed by atoms with van der Waals surface area (Å²) in [6.45, 7) is 1.99. The Morgan fingerprint density at radius 1 is 0.566 bits per heavy atom. The molecule has 0 N–H and O–H groups in total. The maximum atomic E-state index is 15.5. The molecule has 3 aliphatic rings. The van der Waals surface area contributed by atoms with E-state index in [2.05, 4.69) is 0 Å². The van der Waals surface area contributed by atoms with Gasteiger partial charge in [0, 0.05) is 12.6 Å². The van der Waals surface area contributed by atoms with Crippen molar-refractivity contribution >= 4 is 42.0 Å². The predicted octanol–water partition coefficient (Wildman–Crippen LogP) is 8.57. The van der Waals surface area contributed by atoms with Crippen molar-refractivity contribution in [1.82, 2.24) is 4.90 Å². The quantitative estimate of drug-likeness (QED) is 0.126. The molecule has 0 bridgehead atoms. The summed E-state index contributed by atoms with van der Waals surface area (Å²) in [5.74, 6) is -0.686. The lowest BCUT2D eigenvalue weighted by Gasteiger charge is -2.34. The number of carbonyl (C=O) groups excluding carboxylic acids is 4. The van der Waals surface area contributed by atoms with Crippen LogP contribution in [-0.4, -0.2) is 35.6 Å². The van der Waals surface area contributed by atoms with Gasteiger partial charge in [-0.1, -0.05) is 78.4 Å². The van der Waals surface area contributed by atoms with Crippen LogP contribution in [0.25, 0.3) is 11.1 Å². The molecule has 258 valence electrons. The number of nitrogens with zero attached hydrogens (tertiary/aromatic N) is 2. The summed E-state index contributed by atoms with van der Waals surface area (Å²) < 4.78 is 28.0. The third-order valence-corrected chi connectivity index (χ3v) is 12.8. The fourth-order valence-electron chi connectivity index (χ4n) is 7.33. The molecule has 6 aromatic rings. The highest BCUT2D eigenvalue weighted by Gasteiger charge is 2.45. The highest BCUT2D eigenvalue weighted by molar-refractivity contribution is 7.68. The first-order valence-corrected chi connectivity index (χ1v) is 18.6. The summed E-state index contributed by atoms with van der Waals surface area (Å²) in [5.41, 5.74) is 4.85. The number of hydrogen-bond donors (Lipinski definition) is 0. The molecule has 0 aliphatic carbocycles. The zero-order chi connectivity index (χ0) is 36.6. The van der Waals surface area contributed by atoms with Crippen LogP contribution in [0.4, 0.5) is 5.69 Å². The van der Waals surface area contributed by atoms with Gasteiger partial charge in [0.25, 0.3) is 31.0 Å². The second-order valence-electron chi connectivity index (χ2n) is 13.2. The minimum atomic E-state index is -3.67. The van der Waals surface area contributed by atoms with Crippen LogP contribution < -0.4 is 19.5 Å². The second kappa shape index (κ2) is 12.0. The van der Waals surface area contributed by atoms with Gasteiger partial charge in [0.1, 0.15) is 22.9 Å². The highest BCUT2D eigenvalue weighted by atomic mass is 31.2. The van der Waals surface area contributed by atoms with Crippen LogP contribution in [0, 0.1) is 6.92 Å². The van der Waals surface area contributed by atoms with Crippen molar-refractivity contribution < 1.29 is 33.0 Å². The number of imide groups is 2.